The number of carbonyl (C=O) groups excluding carboxylic acids is 3. The number of benzene rings is 3. The summed E-state index contributed by atoms with van der Waals surface area (Å²) in [6.07, 6.45) is 0.652. The molecule has 1 aliphatic rings. The lowest BCUT2D eigenvalue weighted by atomic mass is 10.0. The standard InChI is InChI=1S/C34H29Cl4N3O6S2/c1-3-47-34(46)23-21-12-13-41(15-18-8-5-4-6-9-18)16-22(21)49-32(23)40-30(42)17(2)48-20-11-7-10-19(14-20)39-31(43)24-25(33(44)45)27(36)29(38)28(37)26(24)35/h4-11,14,17H,3,12-13,15-16H2,1-2H3,(H,39,43)(H,40,42)(H,44,45). The van der Waals surface area contributed by atoms with Crippen molar-refractivity contribution in [3.8, 4) is 0 Å². The summed E-state index contributed by atoms with van der Waals surface area (Å²) >= 11 is 27.0. The van der Waals surface area contributed by atoms with Crippen LogP contribution < -0.4 is 10.6 Å². The second-order valence-electron chi connectivity index (χ2n) is 10.9. The molecule has 2 heterocycles. The van der Waals surface area contributed by atoms with Crippen LogP contribution >= 0.6 is 69.5 Å². The summed E-state index contributed by atoms with van der Waals surface area (Å²) in [6, 6.07) is 16.8. The molecule has 0 saturated heterocycles. The normalized spacial score (nSPS) is 13.3. The molecule has 0 radical (unpaired) electrons. The van der Waals surface area contributed by atoms with E-state index in [9.17, 15) is 24.3 Å². The lowest BCUT2D eigenvalue weighted by molar-refractivity contribution is -0.115. The molecule has 256 valence electrons. The predicted octanol–water partition coefficient (Wildman–Crippen LogP) is 9.17. The number of rotatable bonds is 11. The van der Waals surface area contributed by atoms with E-state index in [4.69, 9.17) is 51.1 Å². The van der Waals surface area contributed by atoms with Crippen LogP contribution in [0.2, 0.25) is 20.1 Å². The molecule has 0 aliphatic carbocycles. The zero-order valence-corrected chi connectivity index (χ0v) is 30.7. The second kappa shape index (κ2) is 16.2. The van der Waals surface area contributed by atoms with E-state index in [2.05, 4.69) is 27.7 Å². The number of carboxylic acid groups (broad SMARTS) is 1. The molecule has 9 nitrogen and oxygen atoms in total. The number of hydrogen-bond donors (Lipinski definition) is 3. The number of anilines is 2. The molecular formula is C34H29Cl4N3O6S2. The van der Waals surface area contributed by atoms with Gasteiger partial charge in [-0.3, -0.25) is 14.5 Å². The van der Waals surface area contributed by atoms with Gasteiger partial charge in [-0.15, -0.1) is 23.1 Å². The van der Waals surface area contributed by atoms with Crippen LogP contribution in [-0.2, 0) is 29.0 Å². The Morgan fingerprint density at radius 2 is 1.63 bits per heavy atom. The van der Waals surface area contributed by atoms with Gasteiger partial charge in [-0.1, -0.05) is 82.8 Å². The van der Waals surface area contributed by atoms with E-state index in [1.165, 1.54) is 28.7 Å². The number of carboxylic acids is 1. The molecular weight excluding hydrogens is 752 g/mol. The van der Waals surface area contributed by atoms with Crippen molar-refractivity contribution in [2.75, 3.05) is 23.8 Å². The number of thioether (sulfide) groups is 1. The molecule has 0 saturated carbocycles. The van der Waals surface area contributed by atoms with Crippen LogP contribution in [0.3, 0.4) is 0 Å². The number of amides is 2. The third-order valence-electron chi connectivity index (χ3n) is 7.58. The lowest BCUT2D eigenvalue weighted by Crippen LogP contribution is -2.30. The molecule has 5 rings (SSSR count). The molecule has 4 aromatic rings. The number of aromatic carboxylic acids is 1. The Kier molecular flexibility index (Phi) is 12.2. The molecule has 0 spiro atoms. The maximum absolute atomic E-state index is 13.5. The maximum atomic E-state index is 13.5. The van der Waals surface area contributed by atoms with E-state index in [1.807, 2.05) is 18.2 Å². The molecule has 1 unspecified atom stereocenters. The largest absolute Gasteiger partial charge is 0.478 e. The maximum Gasteiger partial charge on any atom is 0.341 e. The number of nitrogens with zero attached hydrogens (tertiary/aromatic N) is 1. The van der Waals surface area contributed by atoms with Crippen LogP contribution in [0.1, 0.15) is 60.9 Å². The van der Waals surface area contributed by atoms with Crippen LogP contribution in [0.4, 0.5) is 10.7 Å². The van der Waals surface area contributed by atoms with Crippen molar-refractivity contribution < 1.29 is 29.0 Å². The van der Waals surface area contributed by atoms with E-state index < -0.39 is 39.2 Å². The Balaban J connectivity index is 1.30. The molecule has 0 bridgehead atoms. The van der Waals surface area contributed by atoms with E-state index in [-0.39, 0.29) is 27.6 Å². The minimum absolute atomic E-state index is 0.206. The topological polar surface area (TPSA) is 125 Å². The Morgan fingerprint density at radius 1 is 0.939 bits per heavy atom. The number of halogens is 4. The molecule has 3 aromatic carbocycles. The summed E-state index contributed by atoms with van der Waals surface area (Å²) < 4.78 is 5.38. The summed E-state index contributed by atoms with van der Waals surface area (Å²) in [5.74, 6) is -3.17. The lowest BCUT2D eigenvalue weighted by Gasteiger charge is -2.27. The average Bonchev–Trinajstić information content (AvgIpc) is 3.42. The van der Waals surface area contributed by atoms with Gasteiger partial charge in [0.2, 0.25) is 5.91 Å². The summed E-state index contributed by atoms with van der Waals surface area (Å²) in [7, 11) is 0. The third-order valence-corrected chi connectivity index (χ3v) is 11.6. The van der Waals surface area contributed by atoms with Gasteiger partial charge in [-0.2, -0.15) is 0 Å². The highest BCUT2D eigenvalue weighted by Gasteiger charge is 2.31. The van der Waals surface area contributed by atoms with Crippen LogP contribution in [0.15, 0.2) is 59.5 Å². The van der Waals surface area contributed by atoms with Crippen LogP contribution in [0.25, 0.3) is 0 Å². The van der Waals surface area contributed by atoms with Gasteiger partial charge in [0, 0.05) is 35.1 Å². The number of hydrogen-bond acceptors (Lipinski definition) is 8. The van der Waals surface area contributed by atoms with Crippen LogP contribution in [0, 0.1) is 0 Å². The van der Waals surface area contributed by atoms with Gasteiger partial charge in [0.1, 0.15) is 5.00 Å². The third kappa shape index (κ3) is 8.37. The molecule has 1 atom stereocenters. The highest BCUT2D eigenvalue weighted by atomic mass is 35.5. The predicted molar refractivity (Wildman–Crippen MR) is 196 cm³/mol. The fraction of sp³-hybridized carbons (Fsp3) is 0.235. The van der Waals surface area contributed by atoms with Crippen LogP contribution in [0.5, 0.6) is 0 Å². The second-order valence-corrected chi connectivity index (χ2v) is 14.9. The van der Waals surface area contributed by atoms with Crippen molar-refractivity contribution in [1.29, 1.82) is 0 Å². The summed E-state index contributed by atoms with van der Waals surface area (Å²) in [4.78, 5) is 55.7. The van der Waals surface area contributed by atoms with E-state index in [0.717, 1.165) is 23.5 Å². The van der Waals surface area contributed by atoms with Crippen molar-refractivity contribution in [3.63, 3.8) is 0 Å². The van der Waals surface area contributed by atoms with Gasteiger partial charge in [0.25, 0.3) is 5.91 Å². The van der Waals surface area contributed by atoms with Gasteiger partial charge in [0.15, 0.2) is 0 Å². The molecule has 2 amide bonds. The molecule has 0 fully saturated rings. The SMILES string of the molecule is CCOC(=O)c1c(NC(=O)C(C)Sc2cccc(NC(=O)c3c(Cl)c(Cl)c(Cl)c(Cl)c3C(=O)O)c2)sc2c1CCN(Cc1ccccc1)C2. The molecule has 15 heteroatoms. The minimum Gasteiger partial charge on any atom is -0.478 e. The fourth-order valence-electron chi connectivity index (χ4n) is 5.30. The number of nitrogens with one attached hydrogen (secondary N) is 2. The van der Waals surface area contributed by atoms with Gasteiger partial charge in [-0.25, -0.2) is 9.59 Å². The number of esters is 1. The Morgan fingerprint density at radius 3 is 2.31 bits per heavy atom. The quantitative estimate of drug-likeness (QED) is 0.0596. The van der Waals surface area contributed by atoms with E-state index in [1.54, 1.807) is 38.1 Å². The molecule has 49 heavy (non-hydrogen) atoms. The highest BCUT2D eigenvalue weighted by molar-refractivity contribution is 8.00. The molecule has 1 aromatic heterocycles. The van der Waals surface area contributed by atoms with Gasteiger partial charge in [-0.05, 0) is 49.6 Å². The van der Waals surface area contributed by atoms with Crippen molar-refractivity contribution in [2.24, 2.45) is 0 Å². The zero-order valence-electron chi connectivity index (χ0n) is 26.1. The first kappa shape index (κ1) is 37.0. The van der Waals surface area contributed by atoms with Gasteiger partial charge >= 0.3 is 11.9 Å². The van der Waals surface area contributed by atoms with Crippen molar-refractivity contribution in [2.45, 2.75) is 43.5 Å². The number of ether oxygens (including phenoxy) is 1. The Bertz CT molecular complexity index is 1940. The average molecular weight is 782 g/mol. The van der Waals surface area contributed by atoms with Gasteiger partial charge in [0.05, 0.1) is 48.6 Å². The first-order valence-corrected chi connectivity index (χ1v) is 18.2. The highest BCUT2D eigenvalue weighted by Crippen LogP contribution is 2.42. The zero-order chi connectivity index (χ0) is 35.4. The van der Waals surface area contributed by atoms with Crippen molar-refractivity contribution in [1.82, 2.24) is 4.90 Å². The summed E-state index contributed by atoms with van der Waals surface area (Å²) in [5, 5.41) is 13.8. The summed E-state index contributed by atoms with van der Waals surface area (Å²) in [5.41, 5.74) is 1.77. The number of carbonyl (C=O) groups is 4. The Labute approximate surface area is 310 Å². The molecule has 3 N–H and O–H groups in total. The van der Waals surface area contributed by atoms with Gasteiger partial charge < -0.3 is 20.5 Å². The summed E-state index contributed by atoms with van der Waals surface area (Å²) in [6.45, 7) is 5.86. The van der Waals surface area contributed by atoms with Crippen molar-refractivity contribution in [3.05, 3.63) is 107 Å². The fourth-order valence-corrected chi connectivity index (χ4v) is 8.52. The Hall–Kier alpha value is -3.29. The van der Waals surface area contributed by atoms with Crippen molar-refractivity contribution >= 4 is 104 Å². The van der Waals surface area contributed by atoms with E-state index in [0.29, 0.717) is 34.1 Å². The first-order valence-electron chi connectivity index (χ1n) is 15.0. The molecule has 1 aliphatic heterocycles. The number of fused-ring (bicyclic) bond motifs is 1. The number of thiophene rings is 1. The van der Waals surface area contributed by atoms with E-state index >= 15 is 0 Å². The minimum atomic E-state index is -1.51. The monoisotopic (exact) mass is 779 g/mol. The first-order chi connectivity index (χ1) is 23.4. The smallest absolute Gasteiger partial charge is 0.341 e. The van der Waals surface area contributed by atoms with Crippen LogP contribution in [-0.4, -0.2) is 52.2 Å².